The lowest BCUT2D eigenvalue weighted by Gasteiger charge is -2.05. The zero-order valence-electron chi connectivity index (χ0n) is 14.4. The molecular formula is C22H13ClF2O3. The van der Waals surface area contributed by atoms with Crippen LogP contribution in [0.5, 0.6) is 5.75 Å². The predicted molar refractivity (Wildman–Crippen MR) is 103 cm³/mol. The Morgan fingerprint density at radius 3 is 2.21 bits per heavy atom. The summed E-state index contributed by atoms with van der Waals surface area (Å²) in [6.07, 6.45) is 2.50. The zero-order valence-corrected chi connectivity index (χ0v) is 15.1. The van der Waals surface area contributed by atoms with Gasteiger partial charge in [0, 0.05) is 11.1 Å². The number of ether oxygens (including phenoxy) is 1. The normalized spacial score (nSPS) is 10.8. The van der Waals surface area contributed by atoms with Crippen molar-refractivity contribution in [1.82, 2.24) is 0 Å². The highest BCUT2D eigenvalue weighted by molar-refractivity contribution is 6.32. The fourth-order valence-electron chi connectivity index (χ4n) is 2.40. The molecule has 0 aliphatic rings. The lowest BCUT2D eigenvalue weighted by molar-refractivity contribution is 0.0730. The van der Waals surface area contributed by atoms with Gasteiger partial charge in [-0.2, -0.15) is 0 Å². The van der Waals surface area contributed by atoms with E-state index in [4.69, 9.17) is 16.3 Å². The van der Waals surface area contributed by atoms with E-state index in [2.05, 4.69) is 0 Å². The molecule has 0 aliphatic carbocycles. The van der Waals surface area contributed by atoms with Gasteiger partial charge < -0.3 is 4.74 Å². The van der Waals surface area contributed by atoms with Gasteiger partial charge in [-0.05, 0) is 60.7 Å². The third-order valence-electron chi connectivity index (χ3n) is 3.84. The van der Waals surface area contributed by atoms with E-state index in [0.29, 0.717) is 5.56 Å². The fraction of sp³-hybridized carbons (Fsp3) is 0. The molecule has 0 heterocycles. The second-order valence-electron chi connectivity index (χ2n) is 5.73. The van der Waals surface area contributed by atoms with Gasteiger partial charge in [0.05, 0.1) is 10.6 Å². The van der Waals surface area contributed by atoms with E-state index in [-0.39, 0.29) is 27.7 Å². The number of carbonyl (C=O) groups excluding carboxylic acids is 2. The minimum absolute atomic E-state index is 0.118. The van der Waals surface area contributed by atoms with Crippen molar-refractivity contribution in [3.8, 4) is 5.75 Å². The third-order valence-corrected chi connectivity index (χ3v) is 4.17. The summed E-state index contributed by atoms with van der Waals surface area (Å²) in [7, 11) is 0. The Labute approximate surface area is 164 Å². The smallest absolute Gasteiger partial charge is 0.346 e. The van der Waals surface area contributed by atoms with Crippen LogP contribution in [0.2, 0.25) is 5.02 Å². The molecular weight excluding hydrogens is 386 g/mol. The maximum atomic E-state index is 13.7. The van der Waals surface area contributed by atoms with Crippen molar-refractivity contribution in [2.75, 3.05) is 0 Å². The topological polar surface area (TPSA) is 43.4 Å². The molecule has 3 rings (SSSR count). The molecule has 3 aromatic rings. The van der Waals surface area contributed by atoms with Crippen LogP contribution in [0.1, 0.15) is 26.3 Å². The number of esters is 1. The van der Waals surface area contributed by atoms with Crippen molar-refractivity contribution >= 4 is 29.4 Å². The highest BCUT2D eigenvalue weighted by Crippen LogP contribution is 2.21. The Morgan fingerprint density at radius 1 is 0.857 bits per heavy atom. The molecule has 0 bridgehead atoms. The maximum absolute atomic E-state index is 13.7. The average Bonchev–Trinajstić information content (AvgIpc) is 2.68. The van der Waals surface area contributed by atoms with Crippen molar-refractivity contribution in [3.63, 3.8) is 0 Å². The van der Waals surface area contributed by atoms with Crippen molar-refractivity contribution in [3.05, 3.63) is 106 Å². The average molecular weight is 399 g/mol. The number of allylic oxidation sites excluding steroid dienone is 1. The summed E-state index contributed by atoms with van der Waals surface area (Å²) in [5.74, 6) is -2.29. The number of ketones is 1. The SMILES string of the molecule is O=C(C=Cc1c(F)cccc1Cl)c1ccc(OC(=O)c2ccccc2F)cc1. The molecule has 0 atom stereocenters. The lowest BCUT2D eigenvalue weighted by atomic mass is 10.1. The Kier molecular flexibility index (Phi) is 5.96. The van der Waals surface area contributed by atoms with Gasteiger partial charge in [0.1, 0.15) is 17.4 Å². The third kappa shape index (κ3) is 4.50. The van der Waals surface area contributed by atoms with Crippen LogP contribution < -0.4 is 4.74 Å². The van der Waals surface area contributed by atoms with Gasteiger partial charge in [-0.1, -0.05) is 29.8 Å². The summed E-state index contributed by atoms with van der Waals surface area (Å²) >= 11 is 5.91. The first-order chi connectivity index (χ1) is 13.5. The molecule has 28 heavy (non-hydrogen) atoms. The van der Waals surface area contributed by atoms with E-state index in [1.54, 1.807) is 0 Å². The highest BCUT2D eigenvalue weighted by Gasteiger charge is 2.13. The molecule has 0 aliphatic heterocycles. The molecule has 0 aromatic heterocycles. The minimum atomic E-state index is -0.841. The molecule has 0 N–H and O–H groups in total. The van der Waals surface area contributed by atoms with Crippen molar-refractivity contribution in [2.45, 2.75) is 0 Å². The monoisotopic (exact) mass is 398 g/mol. The summed E-state index contributed by atoms with van der Waals surface area (Å²) in [5.41, 5.74) is 0.231. The second-order valence-corrected chi connectivity index (χ2v) is 6.13. The predicted octanol–water partition coefficient (Wildman–Crippen LogP) is 5.73. The number of rotatable bonds is 5. The summed E-state index contributed by atoms with van der Waals surface area (Å²) in [5, 5.41) is 0.194. The minimum Gasteiger partial charge on any atom is -0.423 e. The fourth-order valence-corrected chi connectivity index (χ4v) is 2.63. The van der Waals surface area contributed by atoms with Gasteiger partial charge in [0.25, 0.3) is 0 Å². The number of hydrogen-bond donors (Lipinski definition) is 0. The summed E-state index contributed by atoms with van der Waals surface area (Å²) in [4.78, 5) is 24.2. The van der Waals surface area contributed by atoms with Gasteiger partial charge in [-0.15, -0.1) is 0 Å². The van der Waals surface area contributed by atoms with Gasteiger partial charge in [-0.3, -0.25) is 4.79 Å². The van der Waals surface area contributed by atoms with E-state index in [1.807, 2.05) is 0 Å². The summed E-state index contributed by atoms with van der Waals surface area (Å²) in [6, 6.07) is 15.4. The molecule has 3 aromatic carbocycles. The Balaban J connectivity index is 1.70. The molecule has 0 radical (unpaired) electrons. The molecule has 0 spiro atoms. The molecule has 3 nitrogen and oxygen atoms in total. The Bertz CT molecular complexity index is 1040. The van der Waals surface area contributed by atoms with Gasteiger partial charge in [0.15, 0.2) is 5.78 Å². The quantitative estimate of drug-likeness (QED) is 0.238. The summed E-state index contributed by atoms with van der Waals surface area (Å²) in [6.45, 7) is 0. The van der Waals surface area contributed by atoms with E-state index < -0.39 is 17.6 Å². The first-order valence-electron chi connectivity index (χ1n) is 8.19. The first-order valence-corrected chi connectivity index (χ1v) is 8.56. The van der Waals surface area contributed by atoms with Crippen molar-refractivity contribution < 1.29 is 23.1 Å². The molecule has 140 valence electrons. The Hall–Kier alpha value is -3.31. The molecule has 0 amide bonds. The van der Waals surface area contributed by atoms with Gasteiger partial charge in [-0.25, -0.2) is 13.6 Å². The number of benzene rings is 3. The largest absolute Gasteiger partial charge is 0.423 e. The zero-order chi connectivity index (χ0) is 20.1. The first kappa shape index (κ1) is 19.5. The van der Waals surface area contributed by atoms with Gasteiger partial charge in [0.2, 0.25) is 0 Å². The van der Waals surface area contributed by atoms with Crippen LogP contribution in [-0.2, 0) is 0 Å². The van der Waals surface area contributed by atoms with Gasteiger partial charge >= 0.3 is 5.97 Å². The second kappa shape index (κ2) is 8.59. The van der Waals surface area contributed by atoms with Crippen LogP contribution in [-0.4, -0.2) is 11.8 Å². The van der Waals surface area contributed by atoms with E-state index in [0.717, 1.165) is 6.07 Å². The van der Waals surface area contributed by atoms with Crippen LogP contribution in [0.4, 0.5) is 8.78 Å². The number of halogens is 3. The molecule has 0 saturated carbocycles. The number of carbonyl (C=O) groups is 2. The molecule has 0 unspecified atom stereocenters. The van der Waals surface area contributed by atoms with E-state index in [9.17, 15) is 18.4 Å². The van der Waals surface area contributed by atoms with E-state index in [1.165, 1.54) is 72.8 Å². The van der Waals surface area contributed by atoms with Crippen LogP contribution >= 0.6 is 11.6 Å². The highest BCUT2D eigenvalue weighted by atomic mass is 35.5. The number of hydrogen-bond acceptors (Lipinski definition) is 3. The Morgan fingerprint density at radius 2 is 1.54 bits per heavy atom. The standard InChI is InChI=1S/C22H13ClF2O3/c23-18-5-3-7-19(24)16(18)12-13-21(26)14-8-10-15(11-9-14)28-22(27)17-4-1-2-6-20(17)25/h1-13H. The van der Waals surface area contributed by atoms with Crippen molar-refractivity contribution in [2.24, 2.45) is 0 Å². The van der Waals surface area contributed by atoms with Crippen LogP contribution in [0, 0.1) is 11.6 Å². The lowest BCUT2D eigenvalue weighted by Crippen LogP contribution is -2.10. The summed E-state index contributed by atoms with van der Waals surface area (Å²) < 4.78 is 32.4. The molecule has 0 saturated heterocycles. The maximum Gasteiger partial charge on any atom is 0.346 e. The molecule has 0 fully saturated rings. The van der Waals surface area contributed by atoms with Crippen LogP contribution in [0.3, 0.4) is 0 Å². The molecule has 6 heteroatoms. The van der Waals surface area contributed by atoms with Crippen molar-refractivity contribution in [1.29, 1.82) is 0 Å². The van der Waals surface area contributed by atoms with Crippen LogP contribution in [0.25, 0.3) is 6.08 Å². The van der Waals surface area contributed by atoms with Crippen LogP contribution in [0.15, 0.2) is 72.8 Å². The van der Waals surface area contributed by atoms with E-state index >= 15 is 0 Å².